The average Bonchev–Trinajstić information content (AvgIpc) is 3.61. The summed E-state index contributed by atoms with van der Waals surface area (Å²) in [6.45, 7) is 5.10. The highest BCUT2D eigenvalue weighted by Crippen LogP contribution is 2.19. The number of aliphatic carboxylic acids is 1. The van der Waals surface area contributed by atoms with E-state index in [2.05, 4.69) is 31.8 Å². The smallest absolute Gasteiger partial charge is 0.322 e. The average molecular weight is 641 g/mol. The van der Waals surface area contributed by atoms with Crippen molar-refractivity contribution in [1.82, 2.24) is 23.9 Å². The van der Waals surface area contributed by atoms with E-state index in [1.807, 2.05) is 77.6 Å². The molecule has 1 saturated heterocycles. The number of carboxylic acid groups (broad SMARTS) is 1. The zero-order valence-corrected chi connectivity index (χ0v) is 26.4. The Morgan fingerprint density at radius 3 is 2.15 bits per heavy atom. The quantitative estimate of drug-likeness (QED) is 0.226. The van der Waals surface area contributed by atoms with Crippen molar-refractivity contribution in [3.05, 3.63) is 114 Å². The van der Waals surface area contributed by atoms with Gasteiger partial charge in [-0.3, -0.25) is 14.6 Å². The summed E-state index contributed by atoms with van der Waals surface area (Å²) in [5.41, 5.74) is 4.68. The van der Waals surface area contributed by atoms with Gasteiger partial charge < -0.3 is 19.9 Å². The molecule has 0 bridgehead atoms. The molecule has 3 N–H and O–H groups in total. The van der Waals surface area contributed by atoms with Crippen LogP contribution in [0.2, 0.25) is 0 Å². The highest BCUT2D eigenvalue weighted by molar-refractivity contribution is 7.87. The van der Waals surface area contributed by atoms with Crippen molar-refractivity contribution in [2.75, 3.05) is 31.1 Å². The number of amides is 1. The number of hydrogen-bond acceptors (Lipinski definition) is 6. The Balaban J connectivity index is 1.13. The molecule has 0 spiro atoms. The Labute approximate surface area is 269 Å². The molecule has 2 aromatic heterocycles. The van der Waals surface area contributed by atoms with Crippen LogP contribution in [0.3, 0.4) is 0 Å². The zero-order valence-electron chi connectivity index (χ0n) is 25.6. The lowest BCUT2D eigenvalue weighted by molar-refractivity contribution is -0.140. The van der Waals surface area contributed by atoms with Crippen molar-refractivity contribution < 1.29 is 23.1 Å². The van der Waals surface area contributed by atoms with Crippen LogP contribution in [0.15, 0.2) is 91.4 Å². The van der Waals surface area contributed by atoms with Gasteiger partial charge in [0, 0.05) is 73.8 Å². The van der Waals surface area contributed by atoms with E-state index >= 15 is 0 Å². The van der Waals surface area contributed by atoms with E-state index in [9.17, 15) is 23.1 Å². The highest BCUT2D eigenvalue weighted by Gasteiger charge is 2.33. The summed E-state index contributed by atoms with van der Waals surface area (Å²) in [6.07, 6.45) is 5.52. The van der Waals surface area contributed by atoms with Crippen LogP contribution in [0.25, 0.3) is 5.69 Å². The second-order valence-corrected chi connectivity index (χ2v) is 12.9. The lowest BCUT2D eigenvalue weighted by atomic mass is 10.1. The van der Waals surface area contributed by atoms with Crippen LogP contribution in [0.5, 0.6) is 0 Å². The summed E-state index contributed by atoms with van der Waals surface area (Å²) in [5.74, 6) is 4.35. The van der Waals surface area contributed by atoms with Gasteiger partial charge in [0.25, 0.3) is 16.1 Å². The molecule has 0 radical (unpaired) electrons. The summed E-state index contributed by atoms with van der Waals surface area (Å²) < 4.78 is 31.2. The Kier molecular flexibility index (Phi) is 10.2. The van der Waals surface area contributed by atoms with Gasteiger partial charge in [-0.15, -0.1) is 0 Å². The third-order valence-corrected chi connectivity index (χ3v) is 9.25. The number of carbonyl (C=O) groups excluding carboxylic acids is 1. The van der Waals surface area contributed by atoms with E-state index in [1.54, 1.807) is 32.2 Å². The fraction of sp³-hybridized carbons (Fsp3) is 0.265. The van der Waals surface area contributed by atoms with Crippen molar-refractivity contribution in [2.45, 2.75) is 26.4 Å². The Morgan fingerprint density at radius 1 is 0.891 bits per heavy atom. The number of anilines is 1. The van der Waals surface area contributed by atoms with Gasteiger partial charge in [-0.05, 0) is 72.1 Å². The highest BCUT2D eigenvalue weighted by atomic mass is 32.2. The van der Waals surface area contributed by atoms with Gasteiger partial charge in [0.2, 0.25) is 0 Å². The number of carboxylic acids is 1. The molecular weight excluding hydrogens is 604 g/mol. The maximum Gasteiger partial charge on any atom is 0.322 e. The van der Waals surface area contributed by atoms with E-state index in [1.165, 1.54) is 4.31 Å². The van der Waals surface area contributed by atoms with Gasteiger partial charge in [0.15, 0.2) is 0 Å². The minimum atomic E-state index is -3.92. The van der Waals surface area contributed by atoms with Crippen molar-refractivity contribution in [1.29, 1.82) is 0 Å². The Bertz CT molecular complexity index is 1820. The third kappa shape index (κ3) is 8.19. The molecule has 1 fully saturated rings. The molecule has 3 heterocycles. The number of pyridine rings is 1. The summed E-state index contributed by atoms with van der Waals surface area (Å²) in [5, 5.41) is 12.3. The molecule has 12 heteroatoms. The largest absolute Gasteiger partial charge is 0.480 e. The first-order valence-electron chi connectivity index (χ1n) is 14.9. The van der Waals surface area contributed by atoms with Crippen molar-refractivity contribution in [3.8, 4) is 17.5 Å². The van der Waals surface area contributed by atoms with Crippen LogP contribution < -0.4 is 14.9 Å². The second-order valence-electron chi connectivity index (χ2n) is 11.2. The molecule has 0 unspecified atom stereocenters. The predicted molar refractivity (Wildman–Crippen MR) is 176 cm³/mol. The number of nitrogens with one attached hydrogen (secondary N) is 2. The van der Waals surface area contributed by atoms with Gasteiger partial charge in [-0.2, -0.15) is 17.4 Å². The first-order chi connectivity index (χ1) is 22.1. The van der Waals surface area contributed by atoms with Gasteiger partial charge in [0.05, 0.1) is 0 Å². The number of benzene rings is 2. The molecule has 1 atom stereocenters. The monoisotopic (exact) mass is 640 g/mol. The summed E-state index contributed by atoms with van der Waals surface area (Å²) in [6, 6.07) is 21.8. The first kappa shape index (κ1) is 32.4. The van der Waals surface area contributed by atoms with Gasteiger partial charge >= 0.3 is 5.97 Å². The number of nitrogens with zero attached hydrogens (tertiary/aromatic N) is 4. The van der Waals surface area contributed by atoms with E-state index in [4.69, 9.17) is 0 Å². The standard InChI is InChI=1S/C34H36N6O5S/c1-25(2)32(34(42)43)37-46(44,45)40-21-19-39(20-22-40)30-11-7-26(8-12-30)5-6-27-15-16-35-31(23-27)33(41)36-24-28-9-13-29(14-10-28)38-17-3-4-18-38/h3-4,7-18,23,25,32,37H,19-22,24H2,1-2H3,(H,36,41)(H,42,43)/t32-/m1/s1. The van der Waals surface area contributed by atoms with E-state index in [0.717, 1.165) is 22.5 Å². The number of hydrogen-bond donors (Lipinski definition) is 3. The van der Waals surface area contributed by atoms with Crippen LogP contribution in [0, 0.1) is 17.8 Å². The molecule has 0 aliphatic carbocycles. The van der Waals surface area contributed by atoms with E-state index in [0.29, 0.717) is 25.2 Å². The summed E-state index contributed by atoms with van der Waals surface area (Å²) in [7, 11) is -3.92. The fourth-order valence-electron chi connectivity index (χ4n) is 4.99. The van der Waals surface area contributed by atoms with Crippen LogP contribution in [0.1, 0.15) is 41.0 Å². The first-order valence-corrected chi connectivity index (χ1v) is 16.4. The molecule has 2 aromatic carbocycles. The molecule has 1 aliphatic rings. The molecule has 238 valence electrons. The number of carbonyl (C=O) groups is 2. The molecule has 46 heavy (non-hydrogen) atoms. The van der Waals surface area contributed by atoms with Crippen LogP contribution in [0.4, 0.5) is 5.69 Å². The fourth-order valence-corrected chi connectivity index (χ4v) is 6.48. The number of aromatic nitrogens is 2. The minimum Gasteiger partial charge on any atom is -0.480 e. The zero-order chi connectivity index (χ0) is 32.7. The van der Waals surface area contributed by atoms with Crippen LogP contribution in [-0.4, -0.2) is 71.5 Å². The van der Waals surface area contributed by atoms with Crippen molar-refractivity contribution in [3.63, 3.8) is 0 Å². The van der Waals surface area contributed by atoms with E-state index in [-0.39, 0.29) is 30.6 Å². The number of piperazine rings is 1. The van der Waals surface area contributed by atoms with Gasteiger partial charge in [-0.1, -0.05) is 37.8 Å². The van der Waals surface area contributed by atoms with Crippen molar-refractivity contribution >= 4 is 27.8 Å². The van der Waals surface area contributed by atoms with Crippen LogP contribution >= 0.6 is 0 Å². The lowest BCUT2D eigenvalue weighted by Gasteiger charge is -2.36. The Hall–Kier alpha value is -4.96. The van der Waals surface area contributed by atoms with Crippen molar-refractivity contribution in [2.24, 2.45) is 5.92 Å². The molecular formula is C34H36N6O5S. The molecule has 0 saturated carbocycles. The van der Waals surface area contributed by atoms with Crippen LogP contribution in [-0.2, 0) is 21.5 Å². The van der Waals surface area contributed by atoms with Gasteiger partial charge in [0.1, 0.15) is 11.7 Å². The molecule has 11 nitrogen and oxygen atoms in total. The minimum absolute atomic E-state index is 0.236. The topological polar surface area (TPSA) is 137 Å². The molecule has 1 aliphatic heterocycles. The number of rotatable bonds is 10. The third-order valence-electron chi connectivity index (χ3n) is 7.66. The molecule has 4 aromatic rings. The molecule has 1 amide bonds. The summed E-state index contributed by atoms with van der Waals surface area (Å²) in [4.78, 5) is 30.5. The van der Waals surface area contributed by atoms with Gasteiger partial charge in [-0.25, -0.2) is 0 Å². The Morgan fingerprint density at radius 2 is 1.52 bits per heavy atom. The maximum absolute atomic E-state index is 12.8. The van der Waals surface area contributed by atoms with E-state index < -0.39 is 22.2 Å². The predicted octanol–water partition coefficient (Wildman–Crippen LogP) is 3.27. The normalized spacial score (nSPS) is 14.4. The lowest BCUT2D eigenvalue weighted by Crippen LogP contribution is -2.55. The summed E-state index contributed by atoms with van der Waals surface area (Å²) >= 11 is 0. The maximum atomic E-state index is 12.8. The second kappa shape index (κ2) is 14.4. The SMILES string of the molecule is CC(C)[C@@H](NS(=O)(=O)N1CCN(c2ccc(C#Cc3ccnc(C(=O)NCc4ccc(-n5cccc5)cc4)c3)cc2)CC1)C(=O)O. The molecule has 5 rings (SSSR count).